The van der Waals surface area contributed by atoms with Crippen molar-refractivity contribution in [1.29, 1.82) is 0 Å². The molecule has 0 atom stereocenters. The lowest BCUT2D eigenvalue weighted by Gasteiger charge is -2.37. The summed E-state index contributed by atoms with van der Waals surface area (Å²) in [5, 5.41) is 8.54. The maximum atomic E-state index is 8.54. The number of aliphatic hydroxyl groups is 1. The van der Waals surface area contributed by atoms with Crippen LogP contribution < -0.4 is 0 Å². The van der Waals surface area contributed by atoms with Gasteiger partial charge in [0.15, 0.2) is 0 Å². The van der Waals surface area contributed by atoms with E-state index >= 15 is 0 Å². The van der Waals surface area contributed by atoms with Crippen LogP contribution in [0.4, 0.5) is 0 Å². The summed E-state index contributed by atoms with van der Waals surface area (Å²) >= 11 is 0. The third-order valence-corrected chi connectivity index (χ3v) is 3.17. The summed E-state index contributed by atoms with van der Waals surface area (Å²) in [5.74, 6) is 0.964. The molecule has 0 spiro atoms. The van der Waals surface area contributed by atoms with Crippen molar-refractivity contribution in [3.05, 3.63) is 0 Å². The van der Waals surface area contributed by atoms with E-state index in [2.05, 4.69) is 34.6 Å². The Morgan fingerprint density at radius 2 is 1.53 bits per heavy atom. The second-order valence-electron chi connectivity index (χ2n) is 4.68. The third kappa shape index (κ3) is 4.96. The van der Waals surface area contributed by atoms with Gasteiger partial charge in [0.1, 0.15) is 0 Å². The largest absolute Gasteiger partial charge is 0.394 e. The molecule has 0 amide bonds. The molecule has 0 fully saturated rings. The molecule has 0 aliphatic carbocycles. The molecule has 15 heavy (non-hydrogen) atoms. The topological polar surface area (TPSA) is 38.7 Å². The molecule has 0 radical (unpaired) electrons. The van der Waals surface area contributed by atoms with Crippen LogP contribution in [0.3, 0.4) is 0 Å². The molecule has 92 valence electrons. The van der Waals surface area contributed by atoms with Crippen molar-refractivity contribution in [1.82, 2.24) is 0 Å². The fraction of sp³-hybridized carbons (Fsp3) is 1.00. The van der Waals surface area contributed by atoms with Gasteiger partial charge in [0.05, 0.1) is 32.0 Å². The first-order valence-corrected chi connectivity index (χ1v) is 5.77. The first kappa shape index (κ1) is 14.9. The van der Waals surface area contributed by atoms with Crippen LogP contribution in [0.25, 0.3) is 0 Å². The number of hydrogen-bond donors (Lipinski definition) is 1. The highest BCUT2D eigenvalue weighted by Crippen LogP contribution is 2.29. The molecule has 0 aliphatic heterocycles. The number of aliphatic hydroxyl groups excluding tert-OH is 1. The van der Waals surface area contributed by atoms with Crippen molar-refractivity contribution in [3.63, 3.8) is 0 Å². The lowest BCUT2D eigenvalue weighted by Crippen LogP contribution is -2.41. The monoisotopic (exact) mass is 218 g/mol. The minimum Gasteiger partial charge on any atom is -0.394 e. The van der Waals surface area contributed by atoms with Crippen LogP contribution in [0, 0.1) is 11.8 Å². The SMILES string of the molecule is CC(C)C(C)(OCCOCCO)C(C)C. The first-order chi connectivity index (χ1) is 6.95. The Labute approximate surface area is 93.8 Å². The Hall–Kier alpha value is -0.120. The Morgan fingerprint density at radius 3 is 1.93 bits per heavy atom. The van der Waals surface area contributed by atoms with Gasteiger partial charge in [-0.15, -0.1) is 0 Å². The van der Waals surface area contributed by atoms with Crippen LogP contribution in [0.1, 0.15) is 34.6 Å². The molecule has 0 saturated heterocycles. The normalized spacial score (nSPS) is 12.8. The minimum atomic E-state index is -0.0947. The Kier molecular flexibility index (Phi) is 7.14. The van der Waals surface area contributed by atoms with Gasteiger partial charge in [-0.25, -0.2) is 0 Å². The van der Waals surface area contributed by atoms with Crippen molar-refractivity contribution in [3.8, 4) is 0 Å². The molecular formula is C12H26O3. The van der Waals surface area contributed by atoms with Gasteiger partial charge in [0.2, 0.25) is 0 Å². The van der Waals surface area contributed by atoms with Crippen molar-refractivity contribution in [2.75, 3.05) is 26.4 Å². The van der Waals surface area contributed by atoms with Gasteiger partial charge in [-0.05, 0) is 18.8 Å². The lowest BCUT2D eigenvalue weighted by atomic mass is 9.82. The molecule has 0 bridgehead atoms. The van der Waals surface area contributed by atoms with Crippen molar-refractivity contribution in [2.24, 2.45) is 11.8 Å². The van der Waals surface area contributed by atoms with Gasteiger partial charge in [-0.3, -0.25) is 0 Å². The van der Waals surface area contributed by atoms with Crippen LogP contribution in [0.2, 0.25) is 0 Å². The van der Waals surface area contributed by atoms with Crippen LogP contribution in [-0.4, -0.2) is 37.1 Å². The van der Waals surface area contributed by atoms with Gasteiger partial charge in [0, 0.05) is 0 Å². The summed E-state index contributed by atoms with van der Waals surface area (Å²) in [5.41, 5.74) is -0.0947. The smallest absolute Gasteiger partial charge is 0.0708 e. The molecule has 0 aromatic heterocycles. The van der Waals surface area contributed by atoms with Crippen LogP contribution >= 0.6 is 0 Å². The van der Waals surface area contributed by atoms with E-state index in [1.807, 2.05) is 0 Å². The average Bonchev–Trinajstić information content (AvgIpc) is 2.16. The summed E-state index contributed by atoms with van der Waals surface area (Å²) in [6.07, 6.45) is 0. The molecular weight excluding hydrogens is 192 g/mol. The molecule has 3 nitrogen and oxygen atoms in total. The second kappa shape index (κ2) is 7.20. The molecule has 0 saturated carbocycles. The van der Waals surface area contributed by atoms with Gasteiger partial charge in [-0.1, -0.05) is 27.7 Å². The summed E-state index contributed by atoms with van der Waals surface area (Å²) in [4.78, 5) is 0. The highest BCUT2D eigenvalue weighted by atomic mass is 16.5. The molecule has 1 N–H and O–H groups in total. The van der Waals surface area contributed by atoms with E-state index in [9.17, 15) is 0 Å². The van der Waals surface area contributed by atoms with E-state index in [-0.39, 0.29) is 12.2 Å². The second-order valence-corrected chi connectivity index (χ2v) is 4.68. The zero-order chi connectivity index (χ0) is 11.9. The molecule has 3 heteroatoms. The van der Waals surface area contributed by atoms with Gasteiger partial charge < -0.3 is 14.6 Å². The van der Waals surface area contributed by atoms with Crippen LogP contribution in [0.15, 0.2) is 0 Å². The number of hydrogen-bond acceptors (Lipinski definition) is 3. The minimum absolute atomic E-state index is 0.0750. The van der Waals surface area contributed by atoms with E-state index in [1.165, 1.54) is 0 Å². The zero-order valence-corrected chi connectivity index (χ0v) is 10.7. The number of rotatable bonds is 8. The predicted octanol–water partition coefficient (Wildman–Crippen LogP) is 2.08. The number of ether oxygens (including phenoxy) is 2. The highest BCUT2D eigenvalue weighted by molar-refractivity contribution is 4.82. The van der Waals surface area contributed by atoms with E-state index in [0.29, 0.717) is 31.7 Å². The van der Waals surface area contributed by atoms with E-state index in [4.69, 9.17) is 14.6 Å². The average molecular weight is 218 g/mol. The van der Waals surface area contributed by atoms with Crippen LogP contribution in [0.5, 0.6) is 0 Å². The quantitative estimate of drug-likeness (QED) is 0.634. The first-order valence-electron chi connectivity index (χ1n) is 5.77. The Balaban J connectivity index is 3.88. The molecule has 0 unspecified atom stereocenters. The van der Waals surface area contributed by atoms with E-state index < -0.39 is 0 Å². The fourth-order valence-electron chi connectivity index (χ4n) is 1.49. The van der Waals surface area contributed by atoms with E-state index in [0.717, 1.165) is 0 Å². The van der Waals surface area contributed by atoms with E-state index in [1.54, 1.807) is 0 Å². The summed E-state index contributed by atoms with van der Waals surface area (Å²) in [6.45, 7) is 12.5. The summed E-state index contributed by atoms with van der Waals surface area (Å²) in [7, 11) is 0. The van der Waals surface area contributed by atoms with Gasteiger partial charge in [0.25, 0.3) is 0 Å². The molecule has 0 aromatic rings. The van der Waals surface area contributed by atoms with Crippen molar-refractivity contribution in [2.45, 2.75) is 40.2 Å². The maximum Gasteiger partial charge on any atom is 0.0708 e. The van der Waals surface area contributed by atoms with Crippen LogP contribution in [-0.2, 0) is 9.47 Å². The fourth-order valence-corrected chi connectivity index (χ4v) is 1.49. The summed E-state index contributed by atoms with van der Waals surface area (Å²) in [6, 6.07) is 0. The lowest BCUT2D eigenvalue weighted by molar-refractivity contribution is -0.111. The molecule has 0 aliphatic rings. The van der Waals surface area contributed by atoms with Crippen molar-refractivity contribution >= 4 is 0 Å². The van der Waals surface area contributed by atoms with Gasteiger partial charge in [-0.2, -0.15) is 0 Å². The van der Waals surface area contributed by atoms with Crippen molar-refractivity contribution < 1.29 is 14.6 Å². The molecule has 0 aromatic carbocycles. The zero-order valence-electron chi connectivity index (χ0n) is 10.7. The molecule has 0 heterocycles. The Morgan fingerprint density at radius 1 is 1.00 bits per heavy atom. The highest BCUT2D eigenvalue weighted by Gasteiger charge is 2.32. The van der Waals surface area contributed by atoms with Gasteiger partial charge >= 0.3 is 0 Å². The third-order valence-electron chi connectivity index (χ3n) is 3.17. The summed E-state index contributed by atoms with van der Waals surface area (Å²) < 4.78 is 11.1. The molecule has 0 rings (SSSR count). The standard InChI is InChI=1S/C12H26O3/c1-10(2)12(5,11(3)4)15-9-8-14-7-6-13/h10-11,13H,6-9H2,1-5H3. The maximum absolute atomic E-state index is 8.54. The predicted molar refractivity (Wildman–Crippen MR) is 61.9 cm³/mol. The Bertz CT molecular complexity index is 147.